The monoisotopic (exact) mass is 500 g/mol. The standard InChI is InChI=1S/C25H25ClN2O5S/c1-17(18-6-4-3-5-7-18)15-27-25(29)24-16-28(22-14-19(26)8-13-23(22)33-24)34(30,31)21-11-9-20(32-2)10-12-21/h3-14,17,24H,15-16H2,1-2H3,(H,27,29). The van der Waals surface area contributed by atoms with Crippen molar-refractivity contribution in [3.05, 3.63) is 83.4 Å². The number of carbonyl (C=O) groups is 1. The Hall–Kier alpha value is -3.23. The van der Waals surface area contributed by atoms with Crippen LogP contribution in [0.4, 0.5) is 5.69 Å². The van der Waals surface area contributed by atoms with Gasteiger partial charge in [-0.2, -0.15) is 0 Å². The number of nitrogens with zero attached hydrogens (tertiary/aromatic N) is 1. The van der Waals surface area contributed by atoms with Crippen LogP contribution in [-0.2, 0) is 14.8 Å². The molecule has 0 spiro atoms. The van der Waals surface area contributed by atoms with E-state index in [2.05, 4.69) is 5.32 Å². The average Bonchev–Trinajstić information content (AvgIpc) is 2.86. The number of halogens is 1. The van der Waals surface area contributed by atoms with Gasteiger partial charge in [0.15, 0.2) is 6.10 Å². The molecule has 7 nitrogen and oxygen atoms in total. The molecule has 3 aromatic carbocycles. The summed E-state index contributed by atoms with van der Waals surface area (Å²) < 4.78 is 39.3. The van der Waals surface area contributed by atoms with Gasteiger partial charge >= 0.3 is 0 Å². The zero-order valence-electron chi connectivity index (χ0n) is 18.8. The van der Waals surface area contributed by atoms with E-state index in [0.29, 0.717) is 17.3 Å². The van der Waals surface area contributed by atoms with Crippen molar-refractivity contribution < 1.29 is 22.7 Å². The molecule has 1 heterocycles. The number of hydrogen-bond donors (Lipinski definition) is 1. The molecule has 34 heavy (non-hydrogen) atoms. The third-order valence-corrected chi connectivity index (χ3v) is 7.71. The van der Waals surface area contributed by atoms with Crippen LogP contribution in [0.2, 0.25) is 5.02 Å². The van der Waals surface area contributed by atoms with Crippen LogP contribution in [0.3, 0.4) is 0 Å². The molecule has 2 atom stereocenters. The maximum Gasteiger partial charge on any atom is 0.264 e. The number of ether oxygens (including phenoxy) is 2. The molecule has 0 aliphatic carbocycles. The Kier molecular flexibility index (Phi) is 7.00. The highest BCUT2D eigenvalue weighted by molar-refractivity contribution is 7.92. The molecule has 4 rings (SSSR count). The summed E-state index contributed by atoms with van der Waals surface area (Å²) in [5.41, 5.74) is 1.38. The summed E-state index contributed by atoms with van der Waals surface area (Å²) >= 11 is 6.15. The number of hydrogen-bond acceptors (Lipinski definition) is 5. The first-order valence-corrected chi connectivity index (χ1v) is 12.6. The topological polar surface area (TPSA) is 84.9 Å². The fourth-order valence-corrected chi connectivity index (χ4v) is 5.36. The van der Waals surface area contributed by atoms with Crippen LogP contribution in [0.15, 0.2) is 77.7 Å². The van der Waals surface area contributed by atoms with Gasteiger partial charge in [0.25, 0.3) is 15.9 Å². The van der Waals surface area contributed by atoms with Crippen LogP contribution in [-0.4, -0.2) is 40.6 Å². The van der Waals surface area contributed by atoms with E-state index in [-0.39, 0.29) is 28.8 Å². The first kappa shape index (κ1) is 23.9. The molecule has 1 aliphatic heterocycles. The van der Waals surface area contributed by atoms with Crippen molar-refractivity contribution in [2.75, 3.05) is 24.5 Å². The summed E-state index contributed by atoms with van der Waals surface area (Å²) in [4.78, 5) is 13.1. The molecule has 0 saturated carbocycles. The van der Waals surface area contributed by atoms with Crippen molar-refractivity contribution in [1.82, 2.24) is 5.32 Å². The lowest BCUT2D eigenvalue weighted by atomic mass is 10.0. The lowest BCUT2D eigenvalue weighted by molar-refractivity contribution is -0.127. The highest BCUT2D eigenvalue weighted by Crippen LogP contribution is 2.39. The third kappa shape index (κ3) is 4.98. The zero-order valence-corrected chi connectivity index (χ0v) is 20.3. The van der Waals surface area contributed by atoms with Crippen molar-refractivity contribution in [2.45, 2.75) is 23.8 Å². The summed E-state index contributed by atoms with van der Waals surface area (Å²) in [6.07, 6.45) is -1.02. The van der Waals surface area contributed by atoms with Gasteiger partial charge in [-0.25, -0.2) is 8.42 Å². The van der Waals surface area contributed by atoms with Crippen LogP contribution in [0.25, 0.3) is 0 Å². The molecule has 0 aromatic heterocycles. The molecule has 9 heteroatoms. The first-order valence-electron chi connectivity index (χ1n) is 10.8. The second-order valence-corrected chi connectivity index (χ2v) is 10.3. The molecule has 2 unspecified atom stereocenters. The molecule has 0 saturated heterocycles. The Balaban J connectivity index is 1.58. The predicted molar refractivity (Wildman–Crippen MR) is 131 cm³/mol. The number of amides is 1. The number of methoxy groups -OCH3 is 1. The Bertz CT molecular complexity index is 1270. The maximum atomic E-state index is 13.5. The van der Waals surface area contributed by atoms with Gasteiger partial charge < -0.3 is 14.8 Å². The summed E-state index contributed by atoms with van der Waals surface area (Å²) in [6.45, 7) is 2.21. The van der Waals surface area contributed by atoms with E-state index in [4.69, 9.17) is 21.1 Å². The summed E-state index contributed by atoms with van der Waals surface area (Å²) in [7, 11) is -2.49. The van der Waals surface area contributed by atoms with Crippen molar-refractivity contribution >= 4 is 33.2 Å². The van der Waals surface area contributed by atoms with Gasteiger partial charge in [0, 0.05) is 11.6 Å². The number of nitrogens with one attached hydrogen (secondary N) is 1. The quantitative estimate of drug-likeness (QED) is 0.525. The minimum Gasteiger partial charge on any atom is -0.497 e. The van der Waals surface area contributed by atoms with Crippen molar-refractivity contribution in [1.29, 1.82) is 0 Å². The van der Waals surface area contributed by atoms with Gasteiger partial charge in [-0.1, -0.05) is 48.9 Å². The third-order valence-electron chi connectivity index (χ3n) is 5.68. The molecule has 0 bridgehead atoms. The lowest BCUT2D eigenvalue weighted by Crippen LogP contribution is -2.51. The fourth-order valence-electron chi connectivity index (χ4n) is 3.73. The molecule has 3 aromatic rings. The predicted octanol–water partition coefficient (Wildman–Crippen LogP) is 4.22. The normalized spacial score (nSPS) is 16.2. The number of carbonyl (C=O) groups excluding carboxylic acids is 1. The van der Waals surface area contributed by atoms with Crippen molar-refractivity contribution in [2.24, 2.45) is 0 Å². The molecule has 1 amide bonds. The van der Waals surface area contributed by atoms with E-state index in [0.717, 1.165) is 5.56 Å². The maximum absolute atomic E-state index is 13.5. The number of fused-ring (bicyclic) bond motifs is 1. The Morgan fingerprint density at radius 3 is 2.53 bits per heavy atom. The SMILES string of the molecule is COc1ccc(S(=O)(=O)N2CC(C(=O)NCC(C)c3ccccc3)Oc3ccc(Cl)cc32)cc1. The van der Waals surface area contributed by atoms with Gasteiger partial charge in [-0.05, 0) is 53.9 Å². The smallest absolute Gasteiger partial charge is 0.264 e. The van der Waals surface area contributed by atoms with Gasteiger partial charge in [0.05, 0.1) is 24.2 Å². The van der Waals surface area contributed by atoms with E-state index in [9.17, 15) is 13.2 Å². The van der Waals surface area contributed by atoms with Gasteiger partial charge in [0.1, 0.15) is 11.5 Å². The fraction of sp³-hybridized carbons (Fsp3) is 0.240. The second kappa shape index (κ2) is 9.95. The number of rotatable bonds is 7. The molecule has 1 N–H and O–H groups in total. The van der Waals surface area contributed by atoms with Crippen LogP contribution >= 0.6 is 11.6 Å². The van der Waals surface area contributed by atoms with E-state index < -0.39 is 22.0 Å². The first-order chi connectivity index (χ1) is 16.3. The van der Waals surface area contributed by atoms with Crippen molar-refractivity contribution in [3.8, 4) is 11.5 Å². The van der Waals surface area contributed by atoms with Crippen molar-refractivity contribution in [3.63, 3.8) is 0 Å². The van der Waals surface area contributed by atoms with Gasteiger partial charge in [-0.15, -0.1) is 0 Å². The van der Waals surface area contributed by atoms with Crippen LogP contribution < -0.4 is 19.1 Å². The van der Waals surface area contributed by atoms with Crippen LogP contribution in [0.5, 0.6) is 11.5 Å². The summed E-state index contributed by atoms with van der Waals surface area (Å²) in [5, 5.41) is 3.25. The Morgan fingerprint density at radius 2 is 1.85 bits per heavy atom. The van der Waals surface area contributed by atoms with E-state index in [1.807, 2.05) is 37.3 Å². The minimum atomic E-state index is -4.00. The number of anilines is 1. The summed E-state index contributed by atoms with van der Waals surface area (Å²) in [6, 6.07) is 20.6. The average molecular weight is 501 g/mol. The molecular weight excluding hydrogens is 476 g/mol. The molecular formula is C25H25ClN2O5S. The highest BCUT2D eigenvalue weighted by Gasteiger charge is 2.37. The Labute approximate surface area is 204 Å². The summed E-state index contributed by atoms with van der Waals surface area (Å²) in [5.74, 6) is 0.496. The van der Waals surface area contributed by atoms with Gasteiger partial charge in [-0.3, -0.25) is 9.10 Å². The van der Waals surface area contributed by atoms with E-state index >= 15 is 0 Å². The lowest BCUT2D eigenvalue weighted by Gasteiger charge is -2.35. The highest BCUT2D eigenvalue weighted by atomic mass is 35.5. The molecule has 0 radical (unpaired) electrons. The largest absolute Gasteiger partial charge is 0.497 e. The van der Waals surface area contributed by atoms with Crippen LogP contribution in [0, 0.1) is 0 Å². The van der Waals surface area contributed by atoms with Crippen LogP contribution in [0.1, 0.15) is 18.4 Å². The minimum absolute atomic E-state index is 0.0676. The second-order valence-electron chi connectivity index (χ2n) is 7.99. The molecule has 178 valence electrons. The number of sulfonamides is 1. The Morgan fingerprint density at radius 1 is 1.15 bits per heavy atom. The molecule has 0 fully saturated rings. The number of benzene rings is 3. The van der Waals surface area contributed by atoms with E-state index in [1.54, 1.807) is 24.3 Å². The zero-order chi connectivity index (χ0) is 24.3. The van der Waals surface area contributed by atoms with Gasteiger partial charge in [0.2, 0.25) is 0 Å². The molecule has 1 aliphatic rings. The van der Waals surface area contributed by atoms with E-state index in [1.165, 1.54) is 29.6 Å².